The number of amides is 1. The second kappa shape index (κ2) is 8.56. The number of carbonyl (C=O) groups is 1. The zero-order valence-electron chi connectivity index (χ0n) is 17.0. The van der Waals surface area contributed by atoms with E-state index >= 15 is 0 Å². The fraction of sp³-hybridized carbons (Fsp3) is 0.632. The van der Waals surface area contributed by atoms with Gasteiger partial charge in [0.25, 0.3) is 5.69 Å². The first-order chi connectivity index (χ1) is 13.3. The van der Waals surface area contributed by atoms with Crippen molar-refractivity contribution < 1.29 is 27.6 Å². The largest absolute Gasteiger partial charge is 0.444 e. The fourth-order valence-electron chi connectivity index (χ4n) is 3.27. The molecular weight excluding hydrogens is 391 g/mol. The van der Waals surface area contributed by atoms with Crippen LogP contribution in [-0.2, 0) is 17.5 Å². The first-order valence-electron chi connectivity index (χ1n) is 9.30. The highest BCUT2D eigenvalue weighted by molar-refractivity contribution is 5.68. The second-order valence-electron chi connectivity index (χ2n) is 8.19. The minimum atomic E-state index is -4.67. The number of benzene rings is 1. The third-order valence-electron chi connectivity index (χ3n) is 4.79. The lowest BCUT2D eigenvalue weighted by atomic mass is 10.0. The summed E-state index contributed by atoms with van der Waals surface area (Å²) in [5, 5.41) is 10.8. The van der Waals surface area contributed by atoms with Crippen molar-refractivity contribution in [3.05, 3.63) is 39.4 Å². The number of ether oxygens (including phenoxy) is 1. The van der Waals surface area contributed by atoms with Crippen LogP contribution in [-0.4, -0.2) is 52.6 Å². The zero-order valence-corrected chi connectivity index (χ0v) is 17.0. The molecule has 0 saturated carbocycles. The number of halogens is 3. The molecule has 0 radical (unpaired) electrons. The van der Waals surface area contributed by atoms with Gasteiger partial charge in [0.2, 0.25) is 0 Å². The Morgan fingerprint density at radius 1 is 1.28 bits per heavy atom. The molecule has 1 heterocycles. The quantitative estimate of drug-likeness (QED) is 0.535. The molecule has 0 aromatic heterocycles. The molecule has 0 atom stereocenters. The van der Waals surface area contributed by atoms with Gasteiger partial charge in [0.05, 0.1) is 10.5 Å². The van der Waals surface area contributed by atoms with Crippen LogP contribution < -0.4 is 0 Å². The number of hydrogen-bond acceptors (Lipinski definition) is 5. The average Bonchev–Trinajstić information content (AvgIpc) is 2.59. The molecule has 1 aromatic rings. The van der Waals surface area contributed by atoms with Crippen LogP contribution in [0.4, 0.5) is 23.7 Å². The highest BCUT2D eigenvalue weighted by Crippen LogP contribution is 2.35. The zero-order chi connectivity index (χ0) is 22.0. The Balaban J connectivity index is 2.02. The van der Waals surface area contributed by atoms with Gasteiger partial charge in [-0.05, 0) is 39.2 Å². The normalized spacial score (nSPS) is 16.5. The SMILES string of the molecule is CN(C(=O)OC(C)(C)C)C1CCN(Cc2ccc([N+](=O)[O-])cc2C(F)(F)F)CC1. The Hall–Kier alpha value is -2.36. The third-order valence-corrected chi connectivity index (χ3v) is 4.79. The number of nitro benzene ring substituents is 1. The van der Waals surface area contributed by atoms with Crippen molar-refractivity contribution in [2.24, 2.45) is 0 Å². The van der Waals surface area contributed by atoms with Crippen molar-refractivity contribution in [3.63, 3.8) is 0 Å². The molecule has 1 fully saturated rings. The van der Waals surface area contributed by atoms with E-state index < -0.39 is 34.0 Å². The highest BCUT2D eigenvalue weighted by atomic mass is 19.4. The van der Waals surface area contributed by atoms with Gasteiger partial charge in [-0.15, -0.1) is 0 Å². The van der Waals surface area contributed by atoms with Crippen molar-refractivity contribution in [3.8, 4) is 0 Å². The number of nitro groups is 1. The summed E-state index contributed by atoms with van der Waals surface area (Å²) in [6, 6.07) is 2.78. The Labute approximate surface area is 167 Å². The smallest absolute Gasteiger partial charge is 0.416 e. The van der Waals surface area contributed by atoms with Gasteiger partial charge in [0.1, 0.15) is 5.60 Å². The summed E-state index contributed by atoms with van der Waals surface area (Å²) >= 11 is 0. The van der Waals surface area contributed by atoms with Gasteiger partial charge in [-0.1, -0.05) is 6.07 Å². The van der Waals surface area contributed by atoms with E-state index in [1.54, 1.807) is 27.8 Å². The van der Waals surface area contributed by atoms with Crippen LogP contribution in [0.3, 0.4) is 0 Å². The molecule has 0 bridgehead atoms. The lowest BCUT2D eigenvalue weighted by molar-refractivity contribution is -0.385. The number of nitrogens with zero attached hydrogens (tertiary/aromatic N) is 3. The molecule has 1 amide bonds. The summed E-state index contributed by atoms with van der Waals surface area (Å²) in [6.07, 6.45) is -3.89. The Morgan fingerprint density at radius 3 is 2.34 bits per heavy atom. The molecule has 7 nitrogen and oxygen atoms in total. The van der Waals surface area contributed by atoms with E-state index in [4.69, 9.17) is 4.74 Å². The first kappa shape index (κ1) is 22.9. The van der Waals surface area contributed by atoms with Gasteiger partial charge in [0.15, 0.2) is 0 Å². The number of hydrogen-bond donors (Lipinski definition) is 0. The summed E-state index contributed by atoms with van der Waals surface area (Å²) in [6.45, 7) is 6.39. The molecule has 0 spiro atoms. The summed E-state index contributed by atoms with van der Waals surface area (Å²) in [5.41, 5.74) is -2.17. The molecule has 0 unspecified atom stereocenters. The van der Waals surface area contributed by atoms with Gasteiger partial charge in [-0.3, -0.25) is 15.0 Å². The van der Waals surface area contributed by atoms with E-state index in [0.717, 1.165) is 6.07 Å². The number of carbonyl (C=O) groups excluding carboxylic acids is 1. The Bertz CT molecular complexity index is 754. The van der Waals surface area contributed by atoms with Crippen molar-refractivity contribution in [1.82, 2.24) is 9.80 Å². The number of likely N-dealkylation sites (tertiary alicyclic amines) is 1. The lowest BCUT2D eigenvalue weighted by Gasteiger charge is -2.37. The van der Waals surface area contributed by atoms with Crippen LogP contribution in [0.1, 0.15) is 44.7 Å². The Kier molecular flexibility index (Phi) is 6.77. The predicted molar refractivity (Wildman–Crippen MR) is 100 cm³/mol. The van der Waals surface area contributed by atoms with Crippen molar-refractivity contribution in [2.45, 2.75) is 58.0 Å². The summed E-state index contributed by atoms with van der Waals surface area (Å²) < 4.78 is 45.4. The topological polar surface area (TPSA) is 75.9 Å². The van der Waals surface area contributed by atoms with Gasteiger partial charge >= 0.3 is 12.3 Å². The van der Waals surface area contributed by atoms with Crippen LogP contribution in [0.2, 0.25) is 0 Å². The van der Waals surface area contributed by atoms with E-state index in [1.807, 2.05) is 4.90 Å². The van der Waals surface area contributed by atoms with Gasteiger partial charge in [0, 0.05) is 44.9 Å². The molecule has 10 heteroatoms. The number of non-ortho nitro benzene ring substituents is 1. The molecule has 0 aliphatic carbocycles. The molecular formula is C19H26F3N3O4. The van der Waals surface area contributed by atoms with E-state index in [0.29, 0.717) is 32.0 Å². The second-order valence-corrected chi connectivity index (χ2v) is 8.19. The van der Waals surface area contributed by atoms with Crippen LogP contribution in [0.15, 0.2) is 18.2 Å². The van der Waals surface area contributed by atoms with Crippen LogP contribution in [0, 0.1) is 10.1 Å². The summed E-state index contributed by atoms with van der Waals surface area (Å²) in [4.78, 5) is 25.5. The van der Waals surface area contributed by atoms with Crippen LogP contribution >= 0.6 is 0 Å². The molecule has 162 valence electrons. The maximum atomic E-state index is 13.3. The van der Waals surface area contributed by atoms with Crippen molar-refractivity contribution in [2.75, 3.05) is 20.1 Å². The predicted octanol–water partition coefficient (Wildman–Crippen LogP) is 4.44. The standard InChI is InChI=1S/C19H26F3N3O4/c1-18(2,3)29-17(26)23(4)14-7-9-24(10-8-14)12-13-5-6-15(25(27)28)11-16(13)19(20,21)22/h5-6,11,14H,7-10,12H2,1-4H3. The average molecular weight is 417 g/mol. The van der Waals surface area contributed by atoms with E-state index in [1.165, 1.54) is 11.0 Å². The van der Waals surface area contributed by atoms with Crippen LogP contribution in [0.25, 0.3) is 0 Å². The van der Waals surface area contributed by atoms with E-state index in [-0.39, 0.29) is 18.2 Å². The van der Waals surface area contributed by atoms with Gasteiger partial charge in [-0.2, -0.15) is 13.2 Å². The lowest BCUT2D eigenvalue weighted by Crippen LogP contribution is -2.46. The molecule has 1 saturated heterocycles. The minimum Gasteiger partial charge on any atom is -0.444 e. The minimum absolute atomic E-state index is 0.00190. The summed E-state index contributed by atoms with van der Waals surface area (Å²) in [7, 11) is 1.66. The molecule has 2 rings (SSSR count). The summed E-state index contributed by atoms with van der Waals surface area (Å²) in [5.74, 6) is 0. The molecule has 0 N–H and O–H groups in total. The number of rotatable bonds is 4. The molecule has 1 aliphatic heterocycles. The van der Waals surface area contributed by atoms with Crippen molar-refractivity contribution >= 4 is 11.8 Å². The van der Waals surface area contributed by atoms with E-state index in [2.05, 4.69) is 0 Å². The molecule has 1 aromatic carbocycles. The number of alkyl halides is 3. The van der Waals surface area contributed by atoms with Gasteiger partial charge < -0.3 is 9.64 Å². The maximum absolute atomic E-state index is 13.3. The Morgan fingerprint density at radius 2 is 1.86 bits per heavy atom. The first-order valence-corrected chi connectivity index (χ1v) is 9.30. The highest BCUT2D eigenvalue weighted by Gasteiger charge is 2.36. The number of piperidine rings is 1. The third kappa shape index (κ3) is 6.31. The monoisotopic (exact) mass is 417 g/mol. The maximum Gasteiger partial charge on any atom is 0.416 e. The fourth-order valence-corrected chi connectivity index (χ4v) is 3.27. The van der Waals surface area contributed by atoms with Gasteiger partial charge in [-0.25, -0.2) is 4.79 Å². The molecule has 29 heavy (non-hydrogen) atoms. The van der Waals surface area contributed by atoms with Crippen LogP contribution in [0.5, 0.6) is 0 Å². The van der Waals surface area contributed by atoms with Crippen molar-refractivity contribution in [1.29, 1.82) is 0 Å². The van der Waals surface area contributed by atoms with E-state index in [9.17, 15) is 28.1 Å². The molecule has 1 aliphatic rings.